The normalized spacial score (nSPS) is 10.6. The van der Waals surface area contributed by atoms with E-state index in [0.717, 1.165) is 35.6 Å². The van der Waals surface area contributed by atoms with Crippen molar-refractivity contribution in [2.24, 2.45) is 0 Å². The van der Waals surface area contributed by atoms with Crippen LogP contribution in [0.25, 0.3) is 0 Å². The number of hydrogen-bond acceptors (Lipinski definition) is 4. The zero-order valence-corrected chi connectivity index (χ0v) is 14.7. The Hall–Kier alpha value is -2.75. The maximum atomic E-state index is 5.89. The molecule has 2 aromatic carbocycles. The maximum absolute atomic E-state index is 5.89. The van der Waals surface area contributed by atoms with Gasteiger partial charge in [0.1, 0.15) is 17.2 Å². The van der Waals surface area contributed by atoms with Gasteiger partial charge in [0.25, 0.3) is 0 Å². The molecule has 0 aliphatic heterocycles. The van der Waals surface area contributed by atoms with Crippen LogP contribution in [0.3, 0.4) is 0 Å². The number of hydrogen-bond donors (Lipinski definition) is 0. The molecule has 0 aliphatic rings. The average molecular weight is 337 g/mol. The van der Waals surface area contributed by atoms with Crippen LogP contribution in [0.4, 0.5) is 0 Å². The Kier molecular flexibility index (Phi) is 5.73. The highest BCUT2D eigenvalue weighted by Crippen LogP contribution is 2.26. The summed E-state index contributed by atoms with van der Waals surface area (Å²) in [5.74, 6) is 2.84. The minimum Gasteiger partial charge on any atom is -0.464 e. The molecule has 0 unspecified atom stereocenters. The van der Waals surface area contributed by atoms with Gasteiger partial charge < -0.3 is 13.9 Å². The number of aryl methyl sites for hydroxylation is 1. The monoisotopic (exact) mass is 337 g/mol. The first-order valence-corrected chi connectivity index (χ1v) is 8.71. The van der Waals surface area contributed by atoms with E-state index in [4.69, 9.17) is 13.9 Å². The molecule has 0 N–H and O–H groups in total. The van der Waals surface area contributed by atoms with Crippen LogP contribution in [0.1, 0.15) is 37.4 Å². The summed E-state index contributed by atoms with van der Waals surface area (Å²) in [5, 5.41) is 0. The zero-order valence-electron chi connectivity index (χ0n) is 14.7. The maximum Gasteiger partial charge on any atom is 0.308 e. The van der Waals surface area contributed by atoms with Crippen LogP contribution in [0, 0.1) is 0 Å². The third-order valence-corrected chi connectivity index (χ3v) is 3.70. The molecule has 0 saturated heterocycles. The Morgan fingerprint density at radius 1 is 0.960 bits per heavy atom. The fourth-order valence-electron chi connectivity index (χ4n) is 2.62. The molecule has 0 saturated carbocycles. The van der Waals surface area contributed by atoms with Crippen molar-refractivity contribution in [1.82, 2.24) is 4.98 Å². The van der Waals surface area contributed by atoms with Crippen molar-refractivity contribution < 1.29 is 13.9 Å². The van der Waals surface area contributed by atoms with Crippen LogP contribution < -0.4 is 9.47 Å². The number of para-hydroxylation sites is 1. The largest absolute Gasteiger partial charge is 0.464 e. The Labute approximate surface area is 148 Å². The van der Waals surface area contributed by atoms with E-state index in [0.29, 0.717) is 24.9 Å². The molecular formula is C21H23NO3. The Bertz CT molecular complexity index is 772. The molecule has 0 spiro atoms. The van der Waals surface area contributed by atoms with Gasteiger partial charge in [0.2, 0.25) is 5.89 Å². The summed E-state index contributed by atoms with van der Waals surface area (Å²) < 4.78 is 17.2. The molecule has 25 heavy (non-hydrogen) atoms. The molecule has 0 atom stereocenters. The van der Waals surface area contributed by atoms with Crippen LogP contribution in [-0.2, 0) is 12.8 Å². The fourth-order valence-corrected chi connectivity index (χ4v) is 2.62. The summed E-state index contributed by atoms with van der Waals surface area (Å²) in [6.07, 6.45) is 2.47. The van der Waals surface area contributed by atoms with Crippen molar-refractivity contribution in [3.05, 3.63) is 71.7 Å². The number of ether oxygens (including phenoxy) is 2. The highest BCUT2D eigenvalue weighted by atomic mass is 16.6. The molecular weight excluding hydrogens is 314 g/mol. The van der Waals surface area contributed by atoms with Gasteiger partial charge in [-0.2, -0.15) is 0 Å². The molecule has 130 valence electrons. The number of oxazole rings is 1. The Balaban J connectivity index is 1.74. The van der Waals surface area contributed by atoms with E-state index in [-0.39, 0.29) is 0 Å². The number of nitrogens with zero attached hydrogens (tertiary/aromatic N) is 1. The first-order chi connectivity index (χ1) is 12.3. The molecule has 0 aliphatic carbocycles. The predicted octanol–water partition coefficient (Wildman–Crippen LogP) is 5.41. The first kappa shape index (κ1) is 17.1. The third-order valence-electron chi connectivity index (χ3n) is 3.70. The standard InChI is InChI=1S/C21H23NO3/c1-3-9-19-21(23-4-2)25-20(22-19)15-16-10-8-13-18(14-16)24-17-11-6-5-7-12-17/h5-8,10-14H,3-4,9,15H2,1-2H3. The first-order valence-electron chi connectivity index (χ1n) is 8.71. The van der Waals surface area contributed by atoms with Gasteiger partial charge >= 0.3 is 5.95 Å². The SMILES string of the molecule is CCCc1nc(Cc2cccc(Oc3ccccc3)c2)oc1OCC. The minimum absolute atomic E-state index is 0.552. The van der Waals surface area contributed by atoms with E-state index in [2.05, 4.69) is 11.9 Å². The van der Waals surface area contributed by atoms with E-state index >= 15 is 0 Å². The number of benzene rings is 2. The molecule has 0 amide bonds. The lowest BCUT2D eigenvalue weighted by Gasteiger charge is -2.06. The van der Waals surface area contributed by atoms with Gasteiger partial charge in [-0.3, -0.25) is 0 Å². The average Bonchev–Trinajstić information content (AvgIpc) is 2.98. The van der Waals surface area contributed by atoms with Gasteiger partial charge in [0, 0.05) is 6.42 Å². The van der Waals surface area contributed by atoms with Crippen molar-refractivity contribution in [2.75, 3.05) is 6.61 Å². The molecule has 1 heterocycles. The van der Waals surface area contributed by atoms with Crippen molar-refractivity contribution in [2.45, 2.75) is 33.1 Å². The summed E-state index contributed by atoms with van der Waals surface area (Å²) in [6.45, 7) is 4.64. The summed E-state index contributed by atoms with van der Waals surface area (Å²) in [7, 11) is 0. The molecule has 3 aromatic rings. The minimum atomic E-state index is 0.552. The summed E-state index contributed by atoms with van der Waals surface area (Å²) >= 11 is 0. The molecule has 4 heteroatoms. The zero-order chi connectivity index (χ0) is 17.5. The van der Waals surface area contributed by atoms with Gasteiger partial charge in [-0.05, 0) is 43.2 Å². The topological polar surface area (TPSA) is 44.5 Å². The molecule has 3 rings (SSSR count). The van der Waals surface area contributed by atoms with E-state index in [1.54, 1.807) is 0 Å². The molecule has 1 aromatic heterocycles. The number of rotatable bonds is 8. The third kappa shape index (κ3) is 4.63. The second-order valence-corrected chi connectivity index (χ2v) is 5.76. The van der Waals surface area contributed by atoms with Gasteiger partial charge in [-0.15, -0.1) is 0 Å². The fraction of sp³-hybridized carbons (Fsp3) is 0.286. The summed E-state index contributed by atoms with van der Waals surface area (Å²) in [4.78, 5) is 4.60. The van der Waals surface area contributed by atoms with Crippen LogP contribution in [0.5, 0.6) is 17.4 Å². The van der Waals surface area contributed by atoms with Gasteiger partial charge in [0.15, 0.2) is 0 Å². The van der Waals surface area contributed by atoms with Crippen LogP contribution in [-0.4, -0.2) is 11.6 Å². The van der Waals surface area contributed by atoms with Crippen LogP contribution in [0.15, 0.2) is 59.0 Å². The Morgan fingerprint density at radius 3 is 2.52 bits per heavy atom. The van der Waals surface area contributed by atoms with Crippen LogP contribution in [0.2, 0.25) is 0 Å². The molecule has 0 radical (unpaired) electrons. The second kappa shape index (κ2) is 8.38. The number of aromatic nitrogens is 1. The van der Waals surface area contributed by atoms with Crippen LogP contribution >= 0.6 is 0 Å². The van der Waals surface area contributed by atoms with Gasteiger partial charge in [-0.1, -0.05) is 43.7 Å². The van der Waals surface area contributed by atoms with Gasteiger partial charge in [0.05, 0.1) is 6.61 Å². The predicted molar refractivity (Wildman–Crippen MR) is 97.4 cm³/mol. The van der Waals surface area contributed by atoms with E-state index in [1.807, 2.05) is 61.5 Å². The summed E-state index contributed by atoms with van der Waals surface area (Å²) in [6, 6.07) is 17.7. The lowest BCUT2D eigenvalue weighted by atomic mass is 10.1. The smallest absolute Gasteiger partial charge is 0.308 e. The van der Waals surface area contributed by atoms with Crippen molar-refractivity contribution in [3.8, 4) is 17.4 Å². The van der Waals surface area contributed by atoms with Gasteiger partial charge in [-0.25, -0.2) is 4.98 Å². The Morgan fingerprint density at radius 2 is 1.76 bits per heavy atom. The quantitative estimate of drug-likeness (QED) is 0.551. The van der Waals surface area contributed by atoms with Crippen molar-refractivity contribution >= 4 is 0 Å². The van der Waals surface area contributed by atoms with Crippen molar-refractivity contribution in [3.63, 3.8) is 0 Å². The van der Waals surface area contributed by atoms with E-state index in [1.165, 1.54) is 0 Å². The van der Waals surface area contributed by atoms with Crippen molar-refractivity contribution in [1.29, 1.82) is 0 Å². The molecule has 0 bridgehead atoms. The highest BCUT2D eigenvalue weighted by Gasteiger charge is 2.14. The lowest BCUT2D eigenvalue weighted by Crippen LogP contribution is -1.94. The highest BCUT2D eigenvalue weighted by molar-refractivity contribution is 5.35. The second-order valence-electron chi connectivity index (χ2n) is 5.76. The molecule has 4 nitrogen and oxygen atoms in total. The summed E-state index contributed by atoms with van der Waals surface area (Å²) in [5.41, 5.74) is 1.98. The molecule has 0 fully saturated rings. The lowest BCUT2D eigenvalue weighted by molar-refractivity contribution is 0.248. The van der Waals surface area contributed by atoms with E-state index < -0.39 is 0 Å². The van der Waals surface area contributed by atoms with E-state index in [9.17, 15) is 0 Å².